The zero-order valence-corrected chi connectivity index (χ0v) is 10.1. The van der Waals surface area contributed by atoms with Gasteiger partial charge >= 0.3 is 6.18 Å². The molecule has 0 spiro atoms. The van der Waals surface area contributed by atoms with Crippen molar-refractivity contribution in [3.05, 3.63) is 58.9 Å². The second-order valence-electron chi connectivity index (χ2n) is 4.16. The van der Waals surface area contributed by atoms with Crippen molar-refractivity contribution < 1.29 is 31.1 Å². The first-order valence-electron chi connectivity index (χ1n) is 5.55. The highest BCUT2D eigenvalue weighted by atomic mass is 19.4. The molecule has 0 N–H and O–H groups in total. The Labute approximate surface area is 114 Å². The Kier molecular flexibility index (Phi) is 3.76. The predicted octanol–water partition coefficient (Wildman–Crippen LogP) is 4.60. The zero-order valence-electron chi connectivity index (χ0n) is 10.1. The van der Waals surface area contributed by atoms with Crippen LogP contribution in [0.3, 0.4) is 0 Å². The molecule has 21 heavy (non-hydrogen) atoms. The largest absolute Gasteiger partial charge is 0.416 e. The number of hydrogen-bond acceptors (Lipinski definition) is 1. The number of aldehydes is 1. The summed E-state index contributed by atoms with van der Waals surface area (Å²) in [6.45, 7) is 0. The van der Waals surface area contributed by atoms with E-state index in [2.05, 4.69) is 0 Å². The van der Waals surface area contributed by atoms with Crippen molar-refractivity contribution in [3.8, 4) is 11.1 Å². The second-order valence-corrected chi connectivity index (χ2v) is 4.16. The molecule has 1 nitrogen and oxygen atoms in total. The lowest BCUT2D eigenvalue weighted by Crippen LogP contribution is -2.06. The van der Waals surface area contributed by atoms with Crippen LogP contribution in [-0.4, -0.2) is 6.29 Å². The lowest BCUT2D eigenvalue weighted by atomic mass is 9.97. The molecule has 0 amide bonds. The minimum atomic E-state index is -4.68. The molecule has 0 fully saturated rings. The summed E-state index contributed by atoms with van der Waals surface area (Å²) in [5.41, 5.74) is -2.33. The molecule has 0 aromatic heterocycles. The Morgan fingerprint density at radius 3 is 2.00 bits per heavy atom. The highest BCUT2D eigenvalue weighted by molar-refractivity contribution is 5.88. The van der Waals surface area contributed by atoms with E-state index in [0.717, 1.165) is 6.07 Å². The Morgan fingerprint density at radius 1 is 0.810 bits per heavy atom. The minimum Gasteiger partial charge on any atom is -0.298 e. The topological polar surface area (TPSA) is 17.1 Å². The van der Waals surface area contributed by atoms with Crippen LogP contribution in [0.2, 0.25) is 0 Å². The average Bonchev–Trinajstić information content (AvgIpc) is 2.41. The molecule has 7 heteroatoms. The molecule has 0 atom stereocenters. The Morgan fingerprint density at radius 2 is 1.43 bits per heavy atom. The normalized spacial score (nSPS) is 11.5. The summed E-state index contributed by atoms with van der Waals surface area (Å²) in [6.07, 6.45) is -4.59. The molecule has 2 aromatic carbocycles. The van der Waals surface area contributed by atoms with Gasteiger partial charge in [0.1, 0.15) is 5.82 Å². The van der Waals surface area contributed by atoms with E-state index in [-0.39, 0.29) is 17.9 Å². The van der Waals surface area contributed by atoms with Gasteiger partial charge < -0.3 is 0 Å². The van der Waals surface area contributed by atoms with Crippen molar-refractivity contribution in [1.82, 2.24) is 0 Å². The molecule has 0 bridgehead atoms. The van der Waals surface area contributed by atoms with Crippen LogP contribution >= 0.6 is 0 Å². The third kappa shape index (κ3) is 2.91. The third-order valence-corrected chi connectivity index (χ3v) is 2.81. The zero-order chi connectivity index (χ0) is 15.8. The van der Waals surface area contributed by atoms with Gasteiger partial charge in [-0.25, -0.2) is 13.2 Å². The van der Waals surface area contributed by atoms with Gasteiger partial charge in [0.25, 0.3) is 0 Å². The van der Waals surface area contributed by atoms with Crippen LogP contribution in [0, 0.1) is 17.5 Å². The summed E-state index contributed by atoms with van der Waals surface area (Å²) in [7, 11) is 0. The van der Waals surface area contributed by atoms with E-state index in [1.165, 1.54) is 0 Å². The molecule has 0 unspecified atom stereocenters. The summed E-state index contributed by atoms with van der Waals surface area (Å²) in [6, 6.07) is 2.73. The van der Waals surface area contributed by atoms with Crippen molar-refractivity contribution in [2.45, 2.75) is 6.18 Å². The molecule has 0 saturated carbocycles. The molecule has 0 radical (unpaired) electrons. The van der Waals surface area contributed by atoms with Crippen LogP contribution in [-0.2, 0) is 6.18 Å². The summed E-state index contributed by atoms with van der Waals surface area (Å²) in [5.74, 6) is -3.99. The maximum atomic E-state index is 13.6. The maximum Gasteiger partial charge on any atom is 0.416 e. The highest BCUT2D eigenvalue weighted by Crippen LogP contribution is 2.34. The summed E-state index contributed by atoms with van der Waals surface area (Å²) in [4.78, 5) is 10.9. The van der Waals surface area contributed by atoms with Gasteiger partial charge in [0.2, 0.25) is 0 Å². The van der Waals surface area contributed by atoms with Crippen LogP contribution in [0.4, 0.5) is 26.3 Å². The van der Waals surface area contributed by atoms with E-state index in [4.69, 9.17) is 0 Å². The van der Waals surface area contributed by atoms with Gasteiger partial charge in [-0.15, -0.1) is 0 Å². The maximum absolute atomic E-state index is 13.6. The molecule has 0 heterocycles. The fourth-order valence-electron chi connectivity index (χ4n) is 1.81. The van der Waals surface area contributed by atoms with Crippen LogP contribution in [0.5, 0.6) is 0 Å². The number of alkyl halides is 3. The van der Waals surface area contributed by atoms with Crippen molar-refractivity contribution in [1.29, 1.82) is 0 Å². The Bertz CT molecular complexity index is 705. The van der Waals surface area contributed by atoms with E-state index in [0.29, 0.717) is 18.2 Å². The number of benzene rings is 2. The van der Waals surface area contributed by atoms with Crippen molar-refractivity contribution in [2.75, 3.05) is 0 Å². The molecule has 110 valence electrons. The summed E-state index contributed by atoms with van der Waals surface area (Å²) in [5, 5.41) is 0. The first-order valence-corrected chi connectivity index (χ1v) is 5.55. The molecule has 0 saturated heterocycles. The SMILES string of the molecule is O=Cc1cc(C(F)(F)F)ccc1-c1cc(F)c(F)cc1F. The van der Waals surface area contributed by atoms with Crippen molar-refractivity contribution >= 4 is 6.29 Å². The first-order chi connectivity index (χ1) is 9.74. The standard InChI is InChI=1S/C14H6F6O/c15-11-5-13(17)12(16)4-10(11)9-2-1-8(14(18,19)20)3-7(9)6-21/h1-6H. The molecule has 0 aliphatic carbocycles. The molecule has 2 aromatic rings. The van der Waals surface area contributed by atoms with Crippen LogP contribution in [0.15, 0.2) is 30.3 Å². The molecule has 0 aliphatic heterocycles. The average molecular weight is 304 g/mol. The minimum absolute atomic E-state index is 0.0886. The fraction of sp³-hybridized carbons (Fsp3) is 0.0714. The quantitative estimate of drug-likeness (QED) is 0.450. The van der Waals surface area contributed by atoms with Crippen LogP contribution in [0.25, 0.3) is 11.1 Å². The lowest BCUT2D eigenvalue weighted by Gasteiger charge is -2.11. The third-order valence-electron chi connectivity index (χ3n) is 2.81. The monoisotopic (exact) mass is 304 g/mol. The van der Waals surface area contributed by atoms with Crippen molar-refractivity contribution in [3.63, 3.8) is 0 Å². The Hall–Kier alpha value is -2.31. The van der Waals surface area contributed by atoms with E-state index < -0.39 is 40.3 Å². The number of hydrogen-bond donors (Lipinski definition) is 0. The van der Waals surface area contributed by atoms with E-state index in [1.54, 1.807) is 0 Å². The van der Waals surface area contributed by atoms with Gasteiger partial charge in [-0.05, 0) is 23.8 Å². The lowest BCUT2D eigenvalue weighted by molar-refractivity contribution is -0.137. The number of carbonyl (C=O) groups excluding carboxylic acids is 1. The van der Waals surface area contributed by atoms with Gasteiger partial charge in [0, 0.05) is 17.2 Å². The van der Waals surface area contributed by atoms with Gasteiger partial charge in [0.15, 0.2) is 17.9 Å². The van der Waals surface area contributed by atoms with Gasteiger partial charge in [-0.2, -0.15) is 13.2 Å². The van der Waals surface area contributed by atoms with Crippen LogP contribution < -0.4 is 0 Å². The van der Waals surface area contributed by atoms with E-state index in [9.17, 15) is 31.1 Å². The molecular formula is C14H6F6O. The number of carbonyl (C=O) groups is 1. The second kappa shape index (κ2) is 5.23. The van der Waals surface area contributed by atoms with Crippen LogP contribution in [0.1, 0.15) is 15.9 Å². The Balaban J connectivity index is 2.65. The van der Waals surface area contributed by atoms with E-state index in [1.807, 2.05) is 0 Å². The number of rotatable bonds is 2. The smallest absolute Gasteiger partial charge is 0.298 e. The predicted molar refractivity (Wildman–Crippen MR) is 62.1 cm³/mol. The van der Waals surface area contributed by atoms with Gasteiger partial charge in [-0.3, -0.25) is 4.79 Å². The summed E-state index contributed by atoms with van der Waals surface area (Å²) >= 11 is 0. The summed E-state index contributed by atoms with van der Waals surface area (Å²) < 4.78 is 77.2. The molecule has 0 aliphatic rings. The fourth-order valence-corrected chi connectivity index (χ4v) is 1.81. The van der Waals surface area contributed by atoms with Crippen molar-refractivity contribution in [2.24, 2.45) is 0 Å². The number of halogens is 6. The molecule has 2 rings (SSSR count). The first kappa shape index (κ1) is 15.1. The van der Waals surface area contributed by atoms with Gasteiger partial charge in [0.05, 0.1) is 5.56 Å². The van der Waals surface area contributed by atoms with E-state index >= 15 is 0 Å². The highest BCUT2D eigenvalue weighted by Gasteiger charge is 2.31. The molecular weight excluding hydrogens is 298 g/mol. The van der Waals surface area contributed by atoms with Gasteiger partial charge in [-0.1, -0.05) is 6.07 Å².